The van der Waals surface area contributed by atoms with Gasteiger partial charge in [-0.1, -0.05) is 0 Å². The van der Waals surface area contributed by atoms with Gasteiger partial charge in [0.25, 0.3) is 0 Å². The third-order valence-electron chi connectivity index (χ3n) is 3.61. The predicted molar refractivity (Wildman–Crippen MR) is 78.5 cm³/mol. The number of hydrogen-bond donors (Lipinski definition) is 2. The Morgan fingerprint density at radius 1 is 1.45 bits per heavy atom. The molecule has 1 amide bonds. The van der Waals surface area contributed by atoms with Crippen molar-refractivity contribution >= 4 is 17.7 Å². The molecule has 116 valence electrons. The largest absolute Gasteiger partial charge is 0.480 e. The molecule has 1 aliphatic rings. The number of rotatable bonds is 4. The van der Waals surface area contributed by atoms with Gasteiger partial charge in [-0.3, -0.25) is 10.1 Å². The van der Waals surface area contributed by atoms with Crippen LogP contribution in [0.15, 0.2) is 18.5 Å². The minimum atomic E-state index is -0.122. The van der Waals surface area contributed by atoms with Gasteiger partial charge in [0.15, 0.2) is 5.82 Å². The number of hydrogen-bond acceptors (Lipinski definition) is 7. The van der Waals surface area contributed by atoms with Crippen LogP contribution in [0.25, 0.3) is 0 Å². The van der Waals surface area contributed by atoms with E-state index in [-0.39, 0.29) is 11.8 Å². The number of ether oxygens (including phenoxy) is 1. The van der Waals surface area contributed by atoms with Gasteiger partial charge in [-0.2, -0.15) is 10.1 Å². The molecule has 0 saturated carbocycles. The van der Waals surface area contributed by atoms with E-state index in [1.807, 2.05) is 6.07 Å². The molecule has 2 N–H and O–H groups in total. The van der Waals surface area contributed by atoms with Gasteiger partial charge in [0.05, 0.1) is 13.0 Å². The summed E-state index contributed by atoms with van der Waals surface area (Å²) in [6, 6.07) is 3.61. The first kappa shape index (κ1) is 14.2. The van der Waals surface area contributed by atoms with Gasteiger partial charge in [-0.25, -0.2) is 5.10 Å². The maximum absolute atomic E-state index is 12.3. The molecule has 2 aromatic rings. The first-order valence-corrected chi connectivity index (χ1v) is 7.05. The van der Waals surface area contributed by atoms with E-state index >= 15 is 0 Å². The number of carbonyl (C=O) groups excluding carboxylic acids is 1. The fourth-order valence-corrected chi connectivity index (χ4v) is 2.47. The highest BCUT2D eigenvalue weighted by atomic mass is 16.5. The number of piperidine rings is 1. The summed E-state index contributed by atoms with van der Waals surface area (Å²) in [5.41, 5.74) is 0. The van der Waals surface area contributed by atoms with Crippen molar-refractivity contribution in [3.63, 3.8) is 0 Å². The average Bonchev–Trinajstić information content (AvgIpc) is 3.08. The second kappa shape index (κ2) is 6.37. The summed E-state index contributed by atoms with van der Waals surface area (Å²) >= 11 is 0. The van der Waals surface area contributed by atoms with E-state index in [0.717, 1.165) is 25.2 Å². The number of anilines is 2. The van der Waals surface area contributed by atoms with Crippen molar-refractivity contribution < 1.29 is 9.53 Å². The zero-order valence-corrected chi connectivity index (χ0v) is 12.2. The molecule has 0 aromatic carbocycles. The Kier molecular flexibility index (Phi) is 4.12. The van der Waals surface area contributed by atoms with E-state index < -0.39 is 0 Å². The number of nitrogens with one attached hydrogen (secondary N) is 2. The summed E-state index contributed by atoms with van der Waals surface area (Å²) < 4.78 is 5.00. The van der Waals surface area contributed by atoms with Gasteiger partial charge in [0, 0.05) is 19.2 Å². The van der Waals surface area contributed by atoms with Crippen molar-refractivity contribution in [1.29, 1.82) is 0 Å². The number of amides is 1. The van der Waals surface area contributed by atoms with Crippen molar-refractivity contribution in [2.45, 2.75) is 12.8 Å². The average molecular weight is 303 g/mol. The van der Waals surface area contributed by atoms with Gasteiger partial charge in [-0.05, 0) is 18.9 Å². The smallest absolute Gasteiger partial charge is 0.233 e. The van der Waals surface area contributed by atoms with Crippen LogP contribution in [0.2, 0.25) is 0 Å². The molecule has 22 heavy (non-hydrogen) atoms. The lowest BCUT2D eigenvalue weighted by Gasteiger charge is -2.32. The van der Waals surface area contributed by atoms with Crippen LogP contribution in [0.1, 0.15) is 12.8 Å². The Labute approximate surface area is 127 Å². The van der Waals surface area contributed by atoms with Gasteiger partial charge in [-0.15, -0.1) is 10.2 Å². The Balaban J connectivity index is 1.64. The third-order valence-corrected chi connectivity index (χ3v) is 3.61. The lowest BCUT2D eigenvalue weighted by Crippen LogP contribution is -2.41. The highest BCUT2D eigenvalue weighted by Gasteiger charge is 2.27. The molecule has 0 spiro atoms. The lowest BCUT2D eigenvalue weighted by atomic mass is 9.97. The highest BCUT2D eigenvalue weighted by Crippen LogP contribution is 2.22. The van der Waals surface area contributed by atoms with Crippen LogP contribution in [0, 0.1) is 5.92 Å². The molecule has 1 atom stereocenters. The van der Waals surface area contributed by atoms with Crippen molar-refractivity contribution in [3.8, 4) is 5.88 Å². The summed E-state index contributed by atoms with van der Waals surface area (Å²) in [6.07, 6.45) is 3.11. The summed E-state index contributed by atoms with van der Waals surface area (Å²) in [6.45, 7) is 1.45. The topological polar surface area (TPSA) is 109 Å². The van der Waals surface area contributed by atoms with E-state index in [2.05, 4.69) is 35.6 Å². The van der Waals surface area contributed by atoms with Crippen LogP contribution in [0.4, 0.5) is 11.8 Å². The number of aromatic nitrogens is 5. The quantitative estimate of drug-likeness (QED) is 0.844. The van der Waals surface area contributed by atoms with Gasteiger partial charge >= 0.3 is 0 Å². The monoisotopic (exact) mass is 303 g/mol. The van der Waals surface area contributed by atoms with Gasteiger partial charge in [0.2, 0.25) is 17.7 Å². The molecular formula is C13H17N7O2. The molecule has 2 aromatic heterocycles. The molecule has 0 bridgehead atoms. The number of nitrogens with zero attached hydrogens (tertiary/aromatic N) is 5. The van der Waals surface area contributed by atoms with E-state index in [1.54, 1.807) is 13.2 Å². The van der Waals surface area contributed by atoms with Crippen LogP contribution < -0.4 is 15.0 Å². The molecule has 9 heteroatoms. The van der Waals surface area contributed by atoms with E-state index in [4.69, 9.17) is 4.74 Å². The van der Waals surface area contributed by atoms with Crippen molar-refractivity contribution in [1.82, 2.24) is 25.4 Å². The molecule has 0 radical (unpaired) electrons. The molecule has 0 unspecified atom stereocenters. The standard InChI is InChI=1S/C13H17N7O2/c1-22-11-5-4-10(17-18-11)20-6-2-3-9(7-20)12(21)16-13-14-8-15-19-13/h4-5,8-9H,2-3,6-7H2,1H3,(H2,14,15,16,19,21)/t9-/m0/s1. The summed E-state index contributed by atoms with van der Waals surface area (Å²) in [5.74, 6) is 1.40. The first-order chi connectivity index (χ1) is 10.8. The Morgan fingerprint density at radius 2 is 2.36 bits per heavy atom. The maximum Gasteiger partial charge on any atom is 0.233 e. The molecule has 0 aliphatic carbocycles. The number of carbonyl (C=O) groups is 1. The molecule has 1 saturated heterocycles. The minimum Gasteiger partial charge on any atom is -0.480 e. The second-order valence-corrected chi connectivity index (χ2v) is 5.04. The maximum atomic E-state index is 12.3. The van der Waals surface area contributed by atoms with Gasteiger partial charge < -0.3 is 9.64 Å². The number of H-pyrrole nitrogens is 1. The van der Waals surface area contributed by atoms with Crippen LogP contribution in [-0.4, -0.2) is 51.5 Å². The lowest BCUT2D eigenvalue weighted by molar-refractivity contribution is -0.120. The highest BCUT2D eigenvalue weighted by molar-refractivity contribution is 5.91. The molecule has 1 fully saturated rings. The van der Waals surface area contributed by atoms with E-state index in [0.29, 0.717) is 18.4 Å². The predicted octanol–water partition coefficient (Wildman–Crippen LogP) is 0.458. The Hall–Kier alpha value is -2.71. The first-order valence-electron chi connectivity index (χ1n) is 7.05. The molecule has 1 aliphatic heterocycles. The fraction of sp³-hybridized carbons (Fsp3) is 0.462. The summed E-state index contributed by atoms with van der Waals surface area (Å²) in [7, 11) is 1.55. The Morgan fingerprint density at radius 3 is 3.05 bits per heavy atom. The van der Waals surface area contributed by atoms with Gasteiger partial charge in [0.1, 0.15) is 6.33 Å². The Bertz CT molecular complexity index is 614. The zero-order valence-electron chi connectivity index (χ0n) is 12.2. The second-order valence-electron chi connectivity index (χ2n) is 5.04. The number of aromatic amines is 1. The van der Waals surface area contributed by atoms with E-state index in [9.17, 15) is 4.79 Å². The molecule has 3 heterocycles. The van der Waals surface area contributed by atoms with Crippen molar-refractivity contribution in [2.24, 2.45) is 5.92 Å². The fourth-order valence-electron chi connectivity index (χ4n) is 2.47. The van der Waals surface area contributed by atoms with Crippen LogP contribution >= 0.6 is 0 Å². The normalized spacial score (nSPS) is 18.0. The third kappa shape index (κ3) is 3.13. The van der Waals surface area contributed by atoms with Crippen LogP contribution in [0.5, 0.6) is 5.88 Å². The summed E-state index contributed by atoms with van der Waals surface area (Å²) in [5, 5.41) is 17.2. The SMILES string of the molecule is COc1ccc(N2CCC[C@H](C(=O)Nc3ncn[nH]3)C2)nn1. The van der Waals surface area contributed by atoms with Crippen LogP contribution in [-0.2, 0) is 4.79 Å². The number of methoxy groups -OCH3 is 1. The molecule has 9 nitrogen and oxygen atoms in total. The minimum absolute atomic E-state index is 0.0667. The molecule has 3 rings (SSSR count). The van der Waals surface area contributed by atoms with Crippen LogP contribution in [0.3, 0.4) is 0 Å². The van der Waals surface area contributed by atoms with Crippen molar-refractivity contribution in [3.05, 3.63) is 18.5 Å². The summed E-state index contributed by atoms with van der Waals surface area (Å²) in [4.78, 5) is 18.2. The zero-order chi connectivity index (χ0) is 15.4. The van der Waals surface area contributed by atoms with Crippen molar-refractivity contribution in [2.75, 3.05) is 30.4 Å². The molecular weight excluding hydrogens is 286 g/mol. The van der Waals surface area contributed by atoms with E-state index in [1.165, 1.54) is 6.33 Å².